The third-order valence-electron chi connectivity index (χ3n) is 6.37. The largest absolute Gasteiger partial charge is 0.497 e. The minimum Gasteiger partial charge on any atom is -0.497 e. The number of ether oxygens (including phenoxy) is 1. The summed E-state index contributed by atoms with van der Waals surface area (Å²) in [5.41, 5.74) is 1.35. The van der Waals surface area contributed by atoms with Gasteiger partial charge in [0.1, 0.15) is 11.3 Å². The Morgan fingerprint density at radius 1 is 0.943 bits per heavy atom. The van der Waals surface area contributed by atoms with Gasteiger partial charge in [-0.1, -0.05) is 18.2 Å². The summed E-state index contributed by atoms with van der Waals surface area (Å²) >= 11 is 0. The second kappa shape index (κ2) is 8.01. The molecule has 1 atom stereocenters. The zero-order valence-electron chi connectivity index (χ0n) is 19.1. The third-order valence-corrected chi connectivity index (χ3v) is 6.37. The molecule has 1 aliphatic heterocycles. The van der Waals surface area contributed by atoms with E-state index in [0.29, 0.717) is 16.7 Å². The number of halogens is 3. The molecule has 5 rings (SSSR count). The summed E-state index contributed by atoms with van der Waals surface area (Å²) in [4.78, 5) is 28.5. The van der Waals surface area contributed by atoms with Crippen LogP contribution in [0, 0.1) is 13.8 Å². The molecule has 4 aromatic rings. The van der Waals surface area contributed by atoms with Crippen molar-refractivity contribution in [3.63, 3.8) is 0 Å². The lowest BCUT2D eigenvalue weighted by atomic mass is 9.97. The first-order valence-electron chi connectivity index (χ1n) is 10.8. The molecule has 5 nitrogen and oxygen atoms in total. The lowest BCUT2D eigenvalue weighted by molar-refractivity contribution is -0.137. The maximum absolute atomic E-state index is 13.7. The molecule has 8 heteroatoms. The fourth-order valence-electron chi connectivity index (χ4n) is 4.43. The highest BCUT2D eigenvalue weighted by molar-refractivity contribution is 6.10. The van der Waals surface area contributed by atoms with Gasteiger partial charge in [-0.15, -0.1) is 0 Å². The number of nitrogens with zero attached hydrogens (tertiary/aromatic N) is 1. The average molecular weight is 479 g/mol. The summed E-state index contributed by atoms with van der Waals surface area (Å²) < 4.78 is 51.5. The van der Waals surface area contributed by atoms with Gasteiger partial charge in [-0.25, -0.2) is 0 Å². The Bertz CT molecular complexity index is 1540. The number of methoxy groups -OCH3 is 1. The molecule has 0 saturated carbocycles. The fraction of sp³-hybridized carbons (Fsp3) is 0.185. The van der Waals surface area contributed by atoms with Crippen LogP contribution in [0.3, 0.4) is 0 Å². The number of fused-ring (bicyclic) bond motifs is 2. The van der Waals surface area contributed by atoms with E-state index < -0.39 is 29.1 Å². The lowest BCUT2D eigenvalue weighted by Crippen LogP contribution is -2.29. The molecule has 0 radical (unpaired) electrons. The molecule has 0 N–H and O–H groups in total. The molecule has 0 fully saturated rings. The first-order valence-corrected chi connectivity index (χ1v) is 10.8. The van der Waals surface area contributed by atoms with Crippen LogP contribution in [-0.2, 0) is 6.18 Å². The van der Waals surface area contributed by atoms with E-state index in [0.717, 1.165) is 23.3 Å². The molecule has 1 amide bonds. The molecule has 0 spiro atoms. The van der Waals surface area contributed by atoms with Gasteiger partial charge in [0.2, 0.25) is 5.76 Å². The van der Waals surface area contributed by atoms with E-state index in [2.05, 4.69) is 0 Å². The maximum atomic E-state index is 13.7. The van der Waals surface area contributed by atoms with Crippen LogP contribution >= 0.6 is 0 Å². The molecule has 2 heterocycles. The Morgan fingerprint density at radius 2 is 1.63 bits per heavy atom. The Hall–Kier alpha value is -4.07. The van der Waals surface area contributed by atoms with Crippen molar-refractivity contribution < 1.29 is 27.1 Å². The number of benzene rings is 3. The van der Waals surface area contributed by atoms with E-state index in [1.165, 1.54) is 24.1 Å². The van der Waals surface area contributed by atoms with Crippen molar-refractivity contribution >= 4 is 22.6 Å². The van der Waals surface area contributed by atoms with Gasteiger partial charge in [-0.3, -0.25) is 14.5 Å². The second-order valence-electron chi connectivity index (χ2n) is 8.51. The second-order valence-corrected chi connectivity index (χ2v) is 8.51. The van der Waals surface area contributed by atoms with Crippen LogP contribution in [0.2, 0.25) is 0 Å². The highest BCUT2D eigenvalue weighted by Gasteiger charge is 2.44. The normalized spacial score (nSPS) is 15.5. The van der Waals surface area contributed by atoms with Gasteiger partial charge in [0.15, 0.2) is 5.43 Å². The van der Waals surface area contributed by atoms with Gasteiger partial charge in [0.25, 0.3) is 5.91 Å². The van der Waals surface area contributed by atoms with Gasteiger partial charge in [-0.2, -0.15) is 13.2 Å². The number of carbonyl (C=O) groups is 1. The van der Waals surface area contributed by atoms with Gasteiger partial charge in [-0.05, 0) is 73.0 Å². The summed E-state index contributed by atoms with van der Waals surface area (Å²) in [5.74, 6) is -0.304. The molecule has 1 aromatic heterocycles. The van der Waals surface area contributed by atoms with Crippen molar-refractivity contribution in [2.45, 2.75) is 26.1 Å². The molecule has 3 aromatic carbocycles. The number of rotatable bonds is 3. The Kier molecular flexibility index (Phi) is 5.20. The molecule has 1 unspecified atom stereocenters. The summed E-state index contributed by atoms with van der Waals surface area (Å²) in [5, 5.41) is 0.309. The zero-order valence-corrected chi connectivity index (χ0v) is 19.1. The van der Waals surface area contributed by atoms with E-state index >= 15 is 0 Å². The smallest absolute Gasteiger partial charge is 0.416 e. The molecule has 0 bridgehead atoms. The van der Waals surface area contributed by atoms with E-state index in [9.17, 15) is 22.8 Å². The predicted octanol–water partition coefficient (Wildman–Crippen LogP) is 6.19. The van der Waals surface area contributed by atoms with Gasteiger partial charge in [0, 0.05) is 5.69 Å². The molecular weight excluding hydrogens is 459 g/mol. The summed E-state index contributed by atoms with van der Waals surface area (Å²) in [6.07, 6.45) is -4.60. The standard InChI is InChI=1S/C27H20F3NO4/c1-14-11-20-21(12-15(14)2)35-25-22(24(20)32)23(16-7-9-19(34-3)10-8-16)31(26(25)33)18-6-4-5-17(13-18)27(28,29)30/h4-13,23H,1-3H3. The predicted molar refractivity (Wildman–Crippen MR) is 125 cm³/mol. The maximum Gasteiger partial charge on any atom is 0.416 e. The Morgan fingerprint density at radius 3 is 2.29 bits per heavy atom. The summed E-state index contributed by atoms with van der Waals surface area (Å²) in [6.45, 7) is 3.72. The van der Waals surface area contributed by atoms with Gasteiger partial charge < -0.3 is 9.15 Å². The monoisotopic (exact) mass is 479 g/mol. The van der Waals surface area contributed by atoms with E-state index in [4.69, 9.17) is 9.15 Å². The number of aryl methyl sites for hydroxylation is 2. The van der Waals surface area contributed by atoms with E-state index in [-0.39, 0.29) is 22.6 Å². The minimum absolute atomic E-state index is 0.00728. The molecule has 35 heavy (non-hydrogen) atoms. The van der Waals surface area contributed by atoms with Crippen LogP contribution in [0.5, 0.6) is 5.75 Å². The molecule has 0 saturated heterocycles. The van der Waals surface area contributed by atoms with Crippen LogP contribution in [0.15, 0.2) is 69.9 Å². The number of carbonyl (C=O) groups excluding carboxylic acids is 1. The van der Waals surface area contributed by atoms with E-state index in [1.54, 1.807) is 36.4 Å². The number of hydrogen-bond acceptors (Lipinski definition) is 4. The molecule has 0 aliphatic carbocycles. The van der Waals surface area contributed by atoms with Crippen molar-refractivity contribution in [1.29, 1.82) is 0 Å². The number of hydrogen-bond donors (Lipinski definition) is 0. The quantitative estimate of drug-likeness (QED) is 0.352. The number of anilines is 1. The number of amides is 1. The summed E-state index contributed by atoms with van der Waals surface area (Å²) in [7, 11) is 1.50. The highest BCUT2D eigenvalue weighted by atomic mass is 19.4. The first-order chi connectivity index (χ1) is 16.6. The van der Waals surface area contributed by atoms with Crippen LogP contribution in [0.4, 0.5) is 18.9 Å². The van der Waals surface area contributed by atoms with Crippen LogP contribution in [0.25, 0.3) is 11.0 Å². The van der Waals surface area contributed by atoms with Gasteiger partial charge >= 0.3 is 6.18 Å². The molecular formula is C27H20F3NO4. The minimum atomic E-state index is -4.60. The SMILES string of the molecule is COc1ccc(C2c3c(oc4cc(C)c(C)cc4c3=O)C(=O)N2c2cccc(C(F)(F)F)c2)cc1. The average Bonchev–Trinajstić information content (AvgIpc) is 3.12. The first kappa shape index (κ1) is 22.7. The number of alkyl halides is 3. The van der Waals surface area contributed by atoms with Gasteiger partial charge in [0.05, 0.1) is 29.7 Å². The van der Waals surface area contributed by atoms with E-state index in [1.807, 2.05) is 13.8 Å². The van der Waals surface area contributed by atoms with Crippen LogP contribution in [-0.4, -0.2) is 13.0 Å². The third kappa shape index (κ3) is 3.65. The van der Waals surface area contributed by atoms with Crippen molar-refractivity contribution in [2.75, 3.05) is 12.0 Å². The molecule has 178 valence electrons. The Labute approximate surface area is 198 Å². The van der Waals surface area contributed by atoms with Crippen LogP contribution in [0.1, 0.15) is 44.4 Å². The fourth-order valence-corrected chi connectivity index (χ4v) is 4.43. The van der Waals surface area contributed by atoms with Crippen molar-refractivity contribution in [3.05, 3.63) is 104 Å². The molecule has 1 aliphatic rings. The Balaban J connectivity index is 1.79. The van der Waals surface area contributed by atoms with Crippen LogP contribution < -0.4 is 15.1 Å². The van der Waals surface area contributed by atoms with Crippen molar-refractivity contribution in [1.82, 2.24) is 0 Å². The van der Waals surface area contributed by atoms with Crippen molar-refractivity contribution in [2.24, 2.45) is 0 Å². The summed E-state index contributed by atoms with van der Waals surface area (Å²) in [6, 6.07) is 13.6. The zero-order chi connectivity index (χ0) is 25.1. The highest BCUT2D eigenvalue weighted by Crippen LogP contribution is 2.43. The van der Waals surface area contributed by atoms with Crippen molar-refractivity contribution in [3.8, 4) is 5.75 Å². The topological polar surface area (TPSA) is 59.8 Å². The lowest BCUT2D eigenvalue weighted by Gasteiger charge is -2.26.